The zero-order valence-electron chi connectivity index (χ0n) is 15.5. The SMILES string of the molecule is CS(=O)(=O)c1ccc(-c2cc(C3=C(O)C(=O)NC3=O)sc2-c2ccc(F)cc2)cc1.[KH]. The van der Waals surface area contributed by atoms with Crippen molar-refractivity contribution in [2.75, 3.05) is 6.26 Å². The van der Waals surface area contributed by atoms with Crippen LogP contribution in [0.4, 0.5) is 4.39 Å². The molecule has 31 heavy (non-hydrogen) atoms. The number of benzene rings is 2. The molecule has 0 atom stereocenters. The predicted molar refractivity (Wildman–Crippen MR) is 118 cm³/mol. The molecule has 2 amide bonds. The van der Waals surface area contributed by atoms with Gasteiger partial charge < -0.3 is 5.11 Å². The monoisotopic (exact) mass is 483 g/mol. The van der Waals surface area contributed by atoms with Crippen molar-refractivity contribution in [3.8, 4) is 21.6 Å². The fourth-order valence-electron chi connectivity index (χ4n) is 3.10. The van der Waals surface area contributed by atoms with Crippen LogP contribution in [0.15, 0.2) is 65.3 Å². The van der Waals surface area contributed by atoms with E-state index in [4.69, 9.17) is 0 Å². The molecule has 2 N–H and O–H groups in total. The Bertz CT molecular complexity index is 1330. The van der Waals surface area contributed by atoms with Crippen molar-refractivity contribution in [1.82, 2.24) is 5.32 Å². The summed E-state index contributed by atoms with van der Waals surface area (Å²) in [6, 6.07) is 13.6. The first-order valence-electron chi connectivity index (χ1n) is 8.64. The Kier molecular flexibility index (Phi) is 7.01. The number of thiophene rings is 1. The number of hydrogen-bond donors (Lipinski definition) is 2. The van der Waals surface area contributed by atoms with Crippen LogP contribution >= 0.6 is 11.3 Å². The molecule has 2 aromatic carbocycles. The number of carbonyl (C=O) groups is 2. The maximum atomic E-state index is 13.4. The second kappa shape index (κ2) is 9.06. The molecule has 4 rings (SSSR count). The summed E-state index contributed by atoms with van der Waals surface area (Å²) in [5.74, 6) is -2.64. The van der Waals surface area contributed by atoms with E-state index in [1.807, 2.05) is 5.32 Å². The standard InChI is InChI=1S/C21H14FNO5S2.K.H/c1-30(27,28)14-8-4-11(5-9-14)15-10-16(17-18(24)21(26)23-20(17)25)29-19(15)12-2-6-13(22)7-3-12;;/h2-10H,1H3,(H2,23,24,25,26);;. The Morgan fingerprint density at radius 3 is 2.03 bits per heavy atom. The molecule has 1 aromatic heterocycles. The van der Waals surface area contributed by atoms with Gasteiger partial charge in [0.2, 0.25) is 0 Å². The minimum absolute atomic E-state index is 0. The second-order valence-electron chi connectivity index (χ2n) is 6.66. The van der Waals surface area contributed by atoms with Crippen molar-refractivity contribution in [1.29, 1.82) is 0 Å². The molecule has 0 unspecified atom stereocenters. The first kappa shape index (κ1) is 24.0. The van der Waals surface area contributed by atoms with Crippen LogP contribution in [0.3, 0.4) is 0 Å². The molecule has 0 spiro atoms. The zero-order chi connectivity index (χ0) is 21.6. The van der Waals surface area contributed by atoms with Gasteiger partial charge in [-0.1, -0.05) is 24.3 Å². The van der Waals surface area contributed by atoms with E-state index >= 15 is 0 Å². The fourth-order valence-corrected chi connectivity index (χ4v) is 4.96. The van der Waals surface area contributed by atoms with Crippen LogP contribution in [0, 0.1) is 5.82 Å². The molecule has 0 saturated carbocycles. The third-order valence-corrected chi connectivity index (χ3v) is 6.91. The number of imide groups is 1. The summed E-state index contributed by atoms with van der Waals surface area (Å²) in [4.78, 5) is 25.0. The summed E-state index contributed by atoms with van der Waals surface area (Å²) in [5.41, 5.74) is 1.84. The molecule has 1 aliphatic rings. The van der Waals surface area contributed by atoms with Crippen LogP contribution in [-0.4, -0.2) is 83.0 Å². The van der Waals surface area contributed by atoms with Gasteiger partial charge in [-0.15, -0.1) is 11.3 Å². The van der Waals surface area contributed by atoms with Gasteiger partial charge in [-0.2, -0.15) is 0 Å². The Morgan fingerprint density at radius 2 is 1.52 bits per heavy atom. The number of sulfone groups is 1. The molecule has 1 aliphatic heterocycles. The maximum absolute atomic E-state index is 13.4. The van der Waals surface area contributed by atoms with Crippen LogP contribution in [0.1, 0.15) is 4.88 Å². The average Bonchev–Trinajstić information content (AvgIpc) is 3.22. The molecule has 3 aromatic rings. The Labute approximate surface area is 224 Å². The van der Waals surface area contributed by atoms with Crippen LogP contribution < -0.4 is 5.32 Å². The molecule has 6 nitrogen and oxygen atoms in total. The second-order valence-corrected chi connectivity index (χ2v) is 9.73. The van der Waals surface area contributed by atoms with E-state index in [1.54, 1.807) is 30.3 Å². The van der Waals surface area contributed by atoms with E-state index in [1.165, 1.54) is 24.3 Å². The van der Waals surface area contributed by atoms with Gasteiger partial charge in [0, 0.05) is 21.6 Å². The first-order chi connectivity index (χ1) is 14.1. The summed E-state index contributed by atoms with van der Waals surface area (Å²) < 4.78 is 36.9. The fraction of sp³-hybridized carbons (Fsp3) is 0.0476. The van der Waals surface area contributed by atoms with E-state index in [-0.39, 0.29) is 61.9 Å². The molecular weight excluding hydrogens is 468 g/mol. The summed E-state index contributed by atoms with van der Waals surface area (Å²) >= 11 is 1.16. The van der Waals surface area contributed by atoms with Crippen molar-refractivity contribution in [3.05, 3.63) is 71.1 Å². The van der Waals surface area contributed by atoms with Gasteiger partial charge in [0.1, 0.15) is 11.4 Å². The average molecular weight is 484 g/mol. The van der Waals surface area contributed by atoms with Crippen LogP contribution in [0.2, 0.25) is 0 Å². The van der Waals surface area contributed by atoms with Crippen molar-refractivity contribution < 1.29 is 27.5 Å². The molecule has 0 fully saturated rings. The first-order valence-corrected chi connectivity index (χ1v) is 11.4. The normalized spacial score (nSPS) is 13.9. The van der Waals surface area contributed by atoms with E-state index in [9.17, 15) is 27.5 Å². The van der Waals surface area contributed by atoms with Crippen LogP contribution in [-0.2, 0) is 19.4 Å². The molecule has 0 radical (unpaired) electrons. The van der Waals surface area contributed by atoms with Gasteiger partial charge in [0.15, 0.2) is 15.6 Å². The van der Waals surface area contributed by atoms with Crippen LogP contribution in [0.5, 0.6) is 0 Å². The summed E-state index contributed by atoms with van der Waals surface area (Å²) in [7, 11) is -3.37. The summed E-state index contributed by atoms with van der Waals surface area (Å²) in [6.07, 6.45) is 1.11. The molecule has 0 saturated heterocycles. The molecular formula is C21H15FKNO5S2. The number of nitrogens with one attached hydrogen (secondary N) is 1. The Morgan fingerprint density at radius 1 is 0.935 bits per heavy atom. The number of carbonyl (C=O) groups excluding carboxylic acids is 2. The van der Waals surface area contributed by atoms with E-state index in [2.05, 4.69) is 0 Å². The topological polar surface area (TPSA) is 101 Å². The van der Waals surface area contributed by atoms with Gasteiger partial charge in [-0.3, -0.25) is 14.9 Å². The molecule has 10 heteroatoms. The molecule has 2 heterocycles. The zero-order valence-corrected chi connectivity index (χ0v) is 17.1. The summed E-state index contributed by atoms with van der Waals surface area (Å²) in [6.45, 7) is 0. The van der Waals surface area contributed by atoms with E-state index in [0.717, 1.165) is 17.6 Å². The van der Waals surface area contributed by atoms with Crippen molar-refractivity contribution in [2.24, 2.45) is 0 Å². The number of halogens is 1. The number of aliphatic hydroxyl groups excluding tert-OH is 1. The van der Waals surface area contributed by atoms with Gasteiger partial charge in [0.05, 0.1) is 4.90 Å². The van der Waals surface area contributed by atoms with Crippen molar-refractivity contribution in [3.63, 3.8) is 0 Å². The molecule has 0 bridgehead atoms. The quantitative estimate of drug-likeness (QED) is 0.439. The predicted octanol–water partition coefficient (Wildman–Crippen LogP) is 2.90. The number of rotatable bonds is 4. The van der Waals surface area contributed by atoms with E-state index in [0.29, 0.717) is 26.4 Å². The third-order valence-electron chi connectivity index (χ3n) is 4.58. The number of hydrogen-bond acceptors (Lipinski definition) is 6. The Hall–Kier alpha value is -1.66. The minimum atomic E-state index is -3.37. The van der Waals surface area contributed by atoms with Crippen molar-refractivity contribution >= 4 is 89.9 Å². The number of aliphatic hydroxyl groups is 1. The van der Waals surface area contributed by atoms with Gasteiger partial charge in [-0.05, 0) is 41.5 Å². The number of amides is 2. The van der Waals surface area contributed by atoms with Gasteiger partial charge >= 0.3 is 51.4 Å². The molecule has 154 valence electrons. The van der Waals surface area contributed by atoms with Gasteiger partial charge in [-0.25, -0.2) is 12.8 Å². The third kappa shape index (κ3) is 4.75. The van der Waals surface area contributed by atoms with Gasteiger partial charge in [0.25, 0.3) is 11.8 Å². The van der Waals surface area contributed by atoms with Crippen molar-refractivity contribution in [2.45, 2.75) is 4.90 Å². The molecule has 0 aliphatic carbocycles. The summed E-state index contributed by atoms with van der Waals surface area (Å²) in [5, 5.41) is 12.1. The van der Waals surface area contributed by atoms with E-state index < -0.39 is 33.2 Å². The Balaban J connectivity index is 0.00000272. The van der Waals surface area contributed by atoms with Crippen LogP contribution in [0.25, 0.3) is 27.1 Å².